The number of H-pyrrole nitrogens is 1. The number of rotatable bonds is 12. The summed E-state index contributed by atoms with van der Waals surface area (Å²) in [7, 11) is 3.22. The van der Waals surface area contributed by atoms with Crippen LogP contribution in [-0.2, 0) is 20.8 Å². The highest BCUT2D eigenvalue weighted by Crippen LogP contribution is 2.25. The quantitative estimate of drug-likeness (QED) is 0.307. The molecule has 0 fully saturated rings. The summed E-state index contributed by atoms with van der Waals surface area (Å²) in [5, 5.41) is 3.16. The van der Waals surface area contributed by atoms with E-state index in [9.17, 15) is 9.59 Å². The number of aryl methyl sites for hydroxylation is 1. The molecule has 0 aliphatic rings. The van der Waals surface area contributed by atoms with Gasteiger partial charge in [0.25, 0.3) is 0 Å². The molecule has 9 heteroatoms. The number of hydrogen-bond donors (Lipinski definition) is 2. The Labute approximate surface area is 174 Å². The van der Waals surface area contributed by atoms with Crippen molar-refractivity contribution in [3.8, 4) is 5.75 Å². The fraction of sp³-hybridized carbons (Fsp3) is 0.450. The molecule has 2 aromatic rings. The zero-order valence-electron chi connectivity index (χ0n) is 16.9. The third-order valence-corrected chi connectivity index (χ3v) is 5.48. The van der Waals surface area contributed by atoms with E-state index >= 15 is 0 Å². The molecular formula is C20H27N3O5S. The predicted octanol–water partition coefficient (Wildman–Crippen LogP) is 1.92. The van der Waals surface area contributed by atoms with Crippen molar-refractivity contribution in [3.05, 3.63) is 52.1 Å². The minimum atomic E-state index is -0.438. The molecule has 0 spiro atoms. The summed E-state index contributed by atoms with van der Waals surface area (Å²) < 4.78 is 15.6. The number of aromatic amines is 1. The van der Waals surface area contributed by atoms with Gasteiger partial charge in [0.2, 0.25) is 5.91 Å². The van der Waals surface area contributed by atoms with Crippen LogP contribution in [0.25, 0.3) is 0 Å². The number of nitrogens with zero attached hydrogens (tertiary/aromatic N) is 1. The van der Waals surface area contributed by atoms with Crippen LogP contribution in [0.1, 0.15) is 17.5 Å². The number of carbonyl (C=O) groups is 1. The third-order valence-electron chi connectivity index (χ3n) is 4.09. The van der Waals surface area contributed by atoms with Crippen LogP contribution in [0, 0.1) is 6.92 Å². The molecule has 0 aliphatic heterocycles. The van der Waals surface area contributed by atoms with Crippen molar-refractivity contribution >= 4 is 17.7 Å². The zero-order chi connectivity index (χ0) is 21.1. The van der Waals surface area contributed by atoms with Gasteiger partial charge in [0.05, 0.1) is 30.6 Å². The average Bonchev–Trinajstić information content (AvgIpc) is 2.73. The van der Waals surface area contributed by atoms with Crippen molar-refractivity contribution in [1.82, 2.24) is 15.3 Å². The Morgan fingerprint density at radius 1 is 1.21 bits per heavy atom. The van der Waals surface area contributed by atoms with Crippen LogP contribution in [-0.4, -0.2) is 55.2 Å². The number of carbonyl (C=O) groups excluding carboxylic acids is 1. The molecule has 8 nitrogen and oxygen atoms in total. The Kier molecular flexibility index (Phi) is 9.69. The van der Waals surface area contributed by atoms with Crippen molar-refractivity contribution in [1.29, 1.82) is 0 Å². The second kappa shape index (κ2) is 12.3. The van der Waals surface area contributed by atoms with Crippen molar-refractivity contribution in [2.24, 2.45) is 0 Å². The average molecular weight is 422 g/mol. The first-order valence-corrected chi connectivity index (χ1v) is 10.1. The zero-order valence-corrected chi connectivity index (χ0v) is 17.7. The Hall–Kier alpha value is -2.36. The van der Waals surface area contributed by atoms with E-state index in [0.717, 1.165) is 16.9 Å². The molecule has 1 heterocycles. The van der Waals surface area contributed by atoms with Crippen LogP contribution >= 0.6 is 11.8 Å². The van der Waals surface area contributed by atoms with Crippen molar-refractivity contribution in [2.75, 3.05) is 34.0 Å². The minimum Gasteiger partial charge on any atom is -0.497 e. The van der Waals surface area contributed by atoms with Crippen molar-refractivity contribution < 1.29 is 19.0 Å². The summed E-state index contributed by atoms with van der Waals surface area (Å²) in [6.07, 6.45) is 2.00. The maximum atomic E-state index is 12.8. The van der Waals surface area contributed by atoms with Crippen molar-refractivity contribution in [3.63, 3.8) is 0 Å². The van der Waals surface area contributed by atoms with Crippen LogP contribution < -0.4 is 15.7 Å². The molecule has 158 valence electrons. The standard InChI is InChI=1S/C20H27N3O5S/c1-14-12-22-20(25)23-19(14)29-17(8-9-28-11-10-26-2)18(24)21-13-15-4-6-16(27-3)7-5-15/h4-7,12,17H,8-11,13H2,1-3H3,(H,21,24)(H,22,23,25)/t17-/m1/s1. The maximum Gasteiger partial charge on any atom is 0.345 e. The number of methoxy groups -OCH3 is 2. The Morgan fingerprint density at radius 3 is 2.66 bits per heavy atom. The molecule has 0 bridgehead atoms. The lowest BCUT2D eigenvalue weighted by Crippen LogP contribution is -2.33. The first-order valence-electron chi connectivity index (χ1n) is 9.23. The normalized spacial score (nSPS) is 11.8. The monoisotopic (exact) mass is 421 g/mol. The molecule has 29 heavy (non-hydrogen) atoms. The molecule has 0 radical (unpaired) electrons. The molecule has 0 unspecified atom stereocenters. The van der Waals surface area contributed by atoms with E-state index in [1.807, 2.05) is 31.2 Å². The largest absolute Gasteiger partial charge is 0.497 e. The molecule has 1 atom stereocenters. The van der Waals surface area contributed by atoms with Gasteiger partial charge >= 0.3 is 5.69 Å². The smallest absolute Gasteiger partial charge is 0.345 e. The molecule has 2 rings (SSSR count). The summed E-state index contributed by atoms with van der Waals surface area (Å²) in [5.41, 5.74) is 1.34. The van der Waals surface area contributed by atoms with Gasteiger partial charge in [-0.25, -0.2) is 9.78 Å². The summed E-state index contributed by atoms with van der Waals surface area (Å²) in [6.45, 7) is 3.61. The summed E-state index contributed by atoms with van der Waals surface area (Å²) in [5.74, 6) is 0.636. The highest BCUT2D eigenvalue weighted by atomic mass is 32.2. The van der Waals surface area contributed by atoms with E-state index in [1.54, 1.807) is 14.2 Å². The number of amides is 1. The first kappa shape index (κ1) is 22.9. The van der Waals surface area contributed by atoms with Gasteiger partial charge in [-0.05, 0) is 36.6 Å². The molecule has 1 aromatic heterocycles. The van der Waals surface area contributed by atoms with Gasteiger partial charge in [-0.1, -0.05) is 23.9 Å². The Morgan fingerprint density at radius 2 is 1.97 bits per heavy atom. The van der Waals surface area contributed by atoms with Gasteiger partial charge < -0.3 is 24.5 Å². The van der Waals surface area contributed by atoms with Crippen LogP contribution in [0.5, 0.6) is 5.75 Å². The fourth-order valence-electron chi connectivity index (χ4n) is 2.43. The second-order valence-corrected chi connectivity index (χ2v) is 7.48. The molecule has 0 saturated carbocycles. The molecule has 1 amide bonds. The second-order valence-electron chi connectivity index (χ2n) is 6.27. The number of thioether (sulfide) groups is 1. The van der Waals surface area contributed by atoms with E-state index in [2.05, 4.69) is 15.3 Å². The van der Waals surface area contributed by atoms with Gasteiger partial charge in [0.15, 0.2) is 0 Å². The number of nitrogens with one attached hydrogen (secondary N) is 2. The van der Waals surface area contributed by atoms with E-state index < -0.39 is 10.9 Å². The highest BCUT2D eigenvalue weighted by molar-refractivity contribution is 8.00. The molecule has 0 saturated heterocycles. The SMILES string of the molecule is COCCOCC[C@@H](Sc1[nH]c(=O)ncc1C)C(=O)NCc1ccc(OC)cc1. The molecule has 0 aliphatic carbocycles. The van der Waals surface area contributed by atoms with Crippen LogP contribution in [0.15, 0.2) is 40.3 Å². The number of benzene rings is 1. The van der Waals surface area contributed by atoms with Gasteiger partial charge in [0.1, 0.15) is 5.75 Å². The van der Waals surface area contributed by atoms with Gasteiger partial charge in [-0.15, -0.1) is 0 Å². The molecular weight excluding hydrogens is 394 g/mol. The fourth-order valence-corrected chi connectivity index (χ4v) is 3.51. The lowest BCUT2D eigenvalue weighted by Gasteiger charge is -2.17. The minimum absolute atomic E-state index is 0.127. The Balaban J connectivity index is 2.00. The predicted molar refractivity (Wildman–Crippen MR) is 111 cm³/mol. The Bertz CT molecular complexity index is 826. The van der Waals surface area contributed by atoms with Gasteiger partial charge in [-0.3, -0.25) is 4.79 Å². The maximum absolute atomic E-state index is 12.8. The molecule has 1 aromatic carbocycles. The highest BCUT2D eigenvalue weighted by Gasteiger charge is 2.21. The number of ether oxygens (including phenoxy) is 3. The molecule has 2 N–H and O–H groups in total. The van der Waals surface area contributed by atoms with E-state index in [4.69, 9.17) is 14.2 Å². The first-order chi connectivity index (χ1) is 14.0. The van der Waals surface area contributed by atoms with E-state index in [1.165, 1.54) is 18.0 Å². The van der Waals surface area contributed by atoms with Crippen LogP contribution in [0.4, 0.5) is 0 Å². The summed E-state index contributed by atoms with van der Waals surface area (Å²) in [4.78, 5) is 30.8. The third kappa shape index (κ3) is 7.88. The van der Waals surface area contributed by atoms with Crippen LogP contribution in [0.3, 0.4) is 0 Å². The van der Waals surface area contributed by atoms with E-state index in [-0.39, 0.29) is 5.91 Å². The van der Waals surface area contributed by atoms with Crippen molar-refractivity contribution in [2.45, 2.75) is 30.2 Å². The van der Waals surface area contributed by atoms with E-state index in [0.29, 0.717) is 37.8 Å². The number of aromatic nitrogens is 2. The lowest BCUT2D eigenvalue weighted by atomic mass is 10.2. The van der Waals surface area contributed by atoms with Crippen LogP contribution in [0.2, 0.25) is 0 Å². The lowest BCUT2D eigenvalue weighted by molar-refractivity contribution is -0.121. The topological polar surface area (TPSA) is 103 Å². The summed E-state index contributed by atoms with van der Waals surface area (Å²) >= 11 is 1.30. The summed E-state index contributed by atoms with van der Waals surface area (Å²) in [6, 6.07) is 7.50. The van der Waals surface area contributed by atoms with Gasteiger partial charge in [0, 0.05) is 26.5 Å². The van der Waals surface area contributed by atoms with Gasteiger partial charge in [-0.2, -0.15) is 0 Å². The number of hydrogen-bond acceptors (Lipinski definition) is 7.